The van der Waals surface area contributed by atoms with Gasteiger partial charge in [0.1, 0.15) is 5.69 Å². The first-order valence-corrected chi connectivity index (χ1v) is 9.09. The zero-order valence-electron chi connectivity index (χ0n) is 15.2. The highest BCUT2D eigenvalue weighted by molar-refractivity contribution is 6.31. The van der Waals surface area contributed by atoms with Crippen molar-refractivity contribution in [3.8, 4) is 11.4 Å². The molecular formula is C20H17ClN4O3. The molecule has 0 radical (unpaired) electrons. The van der Waals surface area contributed by atoms with Crippen molar-refractivity contribution in [3.63, 3.8) is 0 Å². The Kier molecular flexibility index (Phi) is 4.52. The van der Waals surface area contributed by atoms with Gasteiger partial charge in [0.05, 0.1) is 5.69 Å². The predicted molar refractivity (Wildman–Crippen MR) is 108 cm³/mol. The predicted octanol–water partition coefficient (Wildman–Crippen LogP) is 4.47. The number of hydrogen-bond donors (Lipinski definition) is 2. The van der Waals surface area contributed by atoms with Crippen LogP contribution in [0.25, 0.3) is 22.3 Å². The molecule has 0 fully saturated rings. The summed E-state index contributed by atoms with van der Waals surface area (Å²) >= 11 is 6.08. The lowest BCUT2D eigenvalue weighted by Crippen LogP contribution is -2.18. The number of hydrogen-bond acceptors (Lipinski definition) is 4. The number of anilines is 1. The molecule has 7 nitrogen and oxygen atoms in total. The summed E-state index contributed by atoms with van der Waals surface area (Å²) in [7, 11) is 0. The monoisotopic (exact) mass is 396 g/mol. The fourth-order valence-electron chi connectivity index (χ4n) is 3.26. The Morgan fingerprint density at radius 1 is 1.21 bits per heavy atom. The summed E-state index contributed by atoms with van der Waals surface area (Å²) in [4.78, 5) is 26.9. The summed E-state index contributed by atoms with van der Waals surface area (Å²) < 4.78 is 6.56. The van der Waals surface area contributed by atoms with Crippen LogP contribution in [0.2, 0.25) is 5.02 Å². The van der Waals surface area contributed by atoms with Crippen LogP contribution in [-0.4, -0.2) is 20.6 Å². The van der Waals surface area contributed by atoms with Gasteiger partial charge in [0.25, 0.3) is 5.91 Å². The molecule has 0 saturated carbocycles. The molecule has 142 valence electrons. The van der Waals surface area contributed by atoms with Crippen LogP contribution in [0.1, 0.15) is 30.4 Å². The van der Waals surface area contributed by atoms with Gasteiger partial charge in [-0.2, -0.15) is 0 Å². The maximum atomic E-state index is 13.1. The third kappa shape index (κ3) is 3.20. The number of aromatic amines is 1. The second-order valence-electron chi connectivity index (χ2n) is 6.64. The SMILES string of the molecule is CC(C)n1c(C(=O)Nc2ccc(Cl)cc2-c2noc(=O)[nH]2)cc2ccccc21. The number of benzene rings is 2. The van der Waals surface area contributed by atoms with E-state index in [1.54, 1.807) is 18.2 Å². The number of halogens is 1. The van der Waals surface area contributed by atoms with Gasteiger partial charge in [0.15, 0.2) is 5.82 Å². The second-order valence-corrected chi connectivity index (χ2v) is 7.08. The molecule has 0 bridgehead atoms. The van der Waals surface area contributed by atoms with Gasteiger partial charge in [-0.25, -0.2) is 4.79 Å². The molecule has 0 atom stereocenters. The number of H-pyrrole nitrogens is 1. The molecular weight excluding hydrogens is 380 g/mol. The van der Waals surface area contributed by atoms with Crippen molar-refractivity contribution in [2.75, 3.05) is 5.32 Å². The van der Waals surface area contributed by atoms with Crippen molar-refractivity contribution in [2.24, 2.45) is 0 Å². The first kappa shape index (κ1) is 18.1. The van der Waals surface area contributed by atoms with Crippen LogP contribution < -0.4 is 11.1 Å². The highest BCUT2D eigenvalue weighted by Crippen LogP contribution is 2.30. The summed E-state index contributed by atoms with van der Waals surface area (Å²) in [5, 5.41) is 8.01. The van der Waals surface area contributed by atoms with Crippen molar-refractivity contribution in [3.05, 3.63) is 69.8 Å². The first-order valence-electron chi connectivity index (χ1n) is 8.71. The summed E-state index contributed by atoms with van der Waals surface area (Å²) in [6.07, 6.45) is 0. The minimum absolute atomic E-state index is 0.0947. The number of para-hydroxylation sites is 1. The molecule has 2 aromatic heterocycles. The Hall–Kier alpha value is -3.32. The molecule has 0 unspecified atom stereocenters. The van der Waals surface area contributed by atoms with E-state index in [0.29, 0.717) is 22.0 Å². The van der Waals surface area contributed by atoms with E-state index in [1.807, 2.05) is 48.7 Å². The molecule has 4 rings (SSSR count). The summed E-state index contributed by atoms with van der Waals surface area (Å²) in [6.45, 7) is 4.05. The Morgan fingerprint density at radius 3 is 2.71 bits per heavy atom. The third-order valence-electron chi connectivity index (χ3n) is 4.42. The largest absolute Gasteiger partial charge is 0.439 e. The molecule has 0 saturated heterocycles. The first-order chi connectivity index (χ1) is 13.4. The van der Waals surface area contributed by atoms with Gasteiger partial charge in [-0.3, -0.25) is 14.3 Å². The van der Waals surface area contributed by atoms with Crippen molar-refractivity contribution in [1.82, 2.24) is 14.7 Å². The zero-order chi connectivity index (χ0) is 19.8. The van der Waals surface area contributed by atoms with E-state index >= 15 is 0 Å². The lowest BCUT2D eigenvalue weighted by atomic mass is 10.1. The summed E-state index contributed by atoms with van der Waals surface area (Å²) in [6, 6.07) is 14.7. The van der Waals surface area contributed by atoms with E-state index in [2.05, 4.69) is 20.0 Å². The van der Waals surface area contributed by atoms with Gasteiger partial charge in [0.2, 0.25) is 0 Å². The zero-order valence-corrected chi connectivity index (χ0v) is 15.9. The van der Waals surface area contributed by atoms with E-state index in [1.165, 1.54) is 0 Å². The Labute approximate surface area is 164 Å². The van der Waals surface area contributed by atoms with E-state index in [4.69, 9.17) is 11.6 Å². The molecule has 1 amide bonds. The van der Waals surface area contributed by atoms with Crippen molar-refractivity contribution >= 4 is 34.1 Å². The quantitative estimate of drug-likeness (QED) is 0.532. The number of rotatable bonds is 4. The van der Waals surface area contributed by atoms with Gasteiger partial charge in [-0.05, 0) is 44.2 Å². The van der Waals surface area contributed by atoms with Crippen LogP contribution in [0.3, 0.4) is 0 Å². The number of amides is 1. The molecule has 28 heavy (non-hydrogen) atoms. The number of carbonyl (C=O) groups excluding carboxylic acids is 1. The maximum Gasteiger partial charge on any atom is 0.439 e. The standard InChI is InChI=1S/C20H17ClN4O3/c1-11(2)25-16-6-4-3-5-12(16)9-17(25)19(26)22-15-8-7-13(21)10-14(15)18-23-20(27)28-24-18/h3-11H,1-2H3,(H,22,26)(H,23,24,27). The van der Waals surface area contributed by atoms with Gasteiger partial charge in [-0.1, -0.05) is 35.0 Å². The van der Waals surface area contributed by atoms with Crippen LogP contribution in [0, 0.1) is 0 Å². The normalized spacial score (nSPS) is 11.3. The van der Waals surface area contributed by atoms with Crippen LogP contribution in [0.5, 0.6) is 0 Å². The van der Waals surface area contributed by atoms with Crippen molar-refractivity contribution in [1.29, 1.82) is 0 Å². The van der Waals surface area contributed by atoms with Crippen LogP contribution in [0.4, 0.5) is 5.69 Å². The minimum Gasteiger partial charge on any atom is -0.334 e. The smallest absolute Gasteiger partial charge is 0.334 e. The number of aromatic nitrogens is 3. The molecule has 2 heterocycles. The van der Waals surface area contributed by atoms with Gasteiger partial charge in [0, 0.05) is 27.5 Å². The van der Waals surface area contributed by atoms with Crippen molar-refractivity contribution in [2.45, 2.75) is 19.9 Å². The molecule has 0 aliphatic rings. The second kappa shape index (κ2) is 7.01. The molecule has 8 heteroatoms. The van der Waals surface area contributed by atoms with Gasteiger partial charge >= 0.3 is 5.76 Å². The lowest BCUT2D eigenvalue weighted by molar-refractivity contribution is 0.101. The number of nitrogens with zero attached hydrogens (tertiary/aromatic N) is 2. The van der Waals surface area contributed by atoms with Crippen LogP contribution in [0.15, 0.2) is 57.8 Å². The lowest BCUT2D eigenvalue weighted by Gasteiger charge is -2.15. The fraction of sp³-hybridized carbons (Fsp3) is 0.150. The highest BCUT2D eigenvalue weighted by Gasteiger charge is 2.19. The molecule has 0 aliphatic carbocycles. The topological polar surface area (TPSA) is 92.9 Å². The van der Waals surface area contributed by atoms with Gasteiger partial charge < -0.3 is 9.88 Å². The Bertz CT molecular complexity index is 1240. The van der Waals surface area contributed by atoms with Gasteiger partial charge in [-0.15, -0.1) is 0 Å². The summed E-state index contributed by atoms with van der Waals surface area (Å²) in [5.74, 6) is -0.779. The van der Waals surface area contributed by atoms with E-state index in [0.717, 1.165) is 10.9 Å². The van der Waals surface area contributed by atoms with Crippen LogP contribution >= 0.6 is 11.6 Å². The summed E-state index contributed by atoms with van der Waals surface area (Å²) in [5.41, 5.74) is 2.43. The highest BCUT2D eigenvalue weighted by atomic mass is 35.5. The maximum absolute atomic E-state index is 13.1. The van der Waals surface area contributed by atoms with Crippen LogP contribution in [-0.2, 0) is 0 Å². The average Bonchev–Trinajstić information content (AvgIpc) is 3.26. The Morgan fingerprint density at radius 2 is 2.00 bits per heavy atom. The van der Waals surface area contributed by atoms with E-state index in [-0.39, 0.29) is 17.8 Å². The van der Waals surface area contributed by atoms with E-state index in [9.17, 15) is 9.59 Å². The molecule has 2 aromatic carbocycles. The number of carbonyl (C=O) groups is 1. The number of nitrogens with one attached hydrogen (secondary N) is 2. The van der Waals surface area contributed by atoms with E-state index < -0.39 is 5.76 Å². The molecule has 4 aromatic rings. The molecule has 0 aliphatic heterocycles. The average molecular weight is 397 g/mol. The minimum atomic E-state index is -0.688. The molecule has 2 N–H and O–H groups in total. The Balaban J connectivity index is 1.77. The third-order valence-corrected chi connectivity index (χ3v) is 4.66. The number of fused-ring (bicyclic) bond motifs is 1. The van der Waals surface area contributed by atoms with Crippen molar-refractivity contribution < 1.29 is 9.32 Å². The fourth-order valence-corrected chi connectivity index (χ4v) is 3.43. The molecule has 0 spiro atoms.